The Morgan fingerprint density at radius 3 is 2.55 bits per heavy atom. The van der Waals surface area contributed by atoms with Crippen molar-refractivity contribution in [2.24, 2.45) is 5.41 Å². The number of imide groups is 1. The van der Waals surface area contributed by atoms with Crippen LogP contribution in [0.5, 0.6) is 5.75 Å². The SMILES string of the molecule is COc1ccc(C(=O)N2C(=O)CCC3(C)C(=O)CCC23)cc1. The van der Waals surface area contributed by atoms with E-state index in [0.29, 0.717) is 30.6 Å². The predicted octanol–water partition coefficient (Wildman–Crippen LogP) is 2.20. The molecule has 1 aromatic carbocycles. The smallest absolute Gasteiger partial charge is 0.260 e. The van der Waals surface area contributed by atoms with Crippen LogP contribution in [0.2, 0.25) is 0 Å². The molecule has 2 amide bonds. The molecule has 116 valence electrons. The number of ketones is 1. The molecule has 0 aromatic heterocycles. The van der Waals surface area contributed by atoms with Crippen molar-refractivity contribution in [2.75, 3.05) is 7.11 Å². The highest BCUT2D eigenvalue weighted by atomic mass is 16.5. The summed E-state index contributed by atoms with van der Waals surface area (Å²) < 4.78 is 5.08. The van der Waals surface area contributed by atoms with Gasteiger partial charge < -0.3 is 4.74 Å². The summed E-state index contributed by atoms with van der Waals surface area (Å²) in [6.07, 6.45) is 1.81. The Labute approximate surface area is 129 Å². The normalized spacial score (nSPS) is 27.7. The van der Waals surface area contributed by atoms with Gasteiger partial charge in [0.05, 0.1) is 13.2 Å². The van der Waals surface area contributed by atoms with Crippen molar-refractivity contribution in [1.29, 1.82) is 0 Å². The van der Waals surface area contributed by atoms with Crippen molar-refractivity contribution in [3.8, 4) is 5.75 Å². The number of hydrogen-bond donors (Lipinski definition) is 0. The van der Waals surface area contributed by atoms with E-state index in [1.807, 2.05) is 6.92 Å². The van der Waals surface area contributed by atoms with Crippen LogP contribution < -0.4 is 4.74 Å². The van der Waals surface area contributed by atoms with Crippen LogP contribution >= 0.6 is 0 Å². The summed E-state index contributed by atoms with van der Waals surface area (Å²) in [6, 6.07) is 6.38. The molecule has 1 saturated carbocycles. The number of likely N-dealkylation sites (tertiary alicyclic amines) is 1. The average Bonchev–Trinajstić information content (AvgIpc) is 2.83. The van der Waals surface area contributed by atoms with Gasteiger partial charge in [-0.05, 0) is 37.1 Å². The van der Waals surface area contributed by atoms with Crippen LogP contribution in [0.25, 0.3) is 0 Å². The van der Waals surface area contributed by atoms with Crippen LogP contribution in [-0.2, 0) is 9.59 Å². The van der Waals surface area contributed by atoms with Gasteiger partial charge in [0.15, 0.2) is 0 Å². The van der Waals surface area contributed by atoms with Crippen molar-refractivity contribution >= 4 is 17.6 Å². The Bertz CT molecular complexity index is 637. The lowest BCUT2D eigenvalue weighted by molar-refractivity contribution is -0.140. The monoisotopic (exact) mass is 301 g/mol. The van der Waals surface area contributed by atoms with E-state index < -0.39 is 5.41 Å². The van der Waals surface area contributed by atoms with E-state index in [2.05, 4.69) is 0 Å². The van der Waals surface area contributed by atoms with Crippen LogP contribution in [0.15, 0.2) is 24.3 Å². The lowest BCUT2D eigenvalue weighted by Crippen LogP contribution is -2.55. The predicted molar refractivity (Wildman–Crippen MR) is 79.5 cm³/mol. The molecule has 0 bridgehead atoms. The van der Waals surface area contributed by atoms with Crippen molar-refractivity contribution in [2.45, 2.75) is 38.6 Å². The third-order valence-electron chi connectivity index (χ3n) is 5.01. The second-order valence-corrected chi connectivity index (χ2v) is 6.19. The van der Waals surface area contributed by atoms with Gasteiger partial charge >= 0.3 is 0 Å². The number of benzene rings is 1. The van der Waals surface area contributed by atoms with E-state index in [1.54, 1.807) is 31.4 Å². The first-order chi connectivity index (χ1) is 10.5. The topological polar surface area (TPSA) is 63.7 Å². The number of carbonyl (C=O) groups is 3. The molecule has 2 fully saturated rings. The van der Waals surface area contributed by atoms with E-state index in [9.17, 15) is 14.4 Å². The average molecular weight is 301 g/mol. The molecule has 5 heteroatoms. The molecular formula is C17H19NO4. The van der Waals surface area contributed by atoms with E-state index in [4.69, 9.17) is 4.74 Å². The van der Waals surface area contributed by atoms with Crippen molar-refractivity contribution in [3.63, 3.8) is 0 Å². The fourth-order valence-corrected chi connectivity index (χ4v) is 3.57. The number of amides is 2. The molecule has 5 nitrogen and oxygen atoms in total. The zero-order valence-corrected chi connectivity index (χ0v) is 12.8. The first-order valence-electron chi connectivity index (χ1n) is 7.51. The maximum atomic E-state index is 12.8. The summed E-state index contributed by atoms with van der Waals surface area (Å²) in [6.45, 7) is 1.88. The molecule has 2 unspecified atom stereocenters. The summed E-state index contributed by atoms with van der Waals surface area (Å²) in [5, 5.41) is 0. The largest absolute Gasteiger partial charge is 0.497 e. The van der Waals surface area contributed by atoms with Crippen LogP contribution in [0.3, 0.4) is 0 Å². The Hall–Kier alpha value is -2.17. The van der Waals surface area contributed by atoms with Gasteiger partial charge in [0.25, 0.3) is 5.91 Å². The minimum Gasteiger partial charge on any atom is -0.497 e. The minimum atomic E-state index is -0.573. The molecule has 0 spiro atoms. The van der Waals surface area contributed by atoms with E-state index in [0.717, 1.165) is 0 Å². The number of methoxy groups -OCH3 is 1. The molecule has 2 atom stereocenters. The van der Waals surface area contributed by atoms with Crippen LogP contribution in [-0.4, -0.2) is 35.6 Å². The van der Waals surface area contributed by atoms with E-state index >= 15 is 0 Å². The molecule has 22 heavy (non-hydrogen) atoms. The first kappa shape index (κ1) is 14.8. The number of ether oxygens (including phenoxy) is 1. The van der Waals surface area contributed by atoms with Gasteiger partial charge in [-0.2, -0.15) is 0 Å². The molecular weight excluding hydrogens is 282 g/mol. The Morgan fingerprint density at radius 2 is 1.91 bits per heavy atom. The molecule has 1 heterocycles. The maximum absolute atomic E-state index is 12.8. The molecule has 1 aromatic rings. The van der Waals surface area contributed by atoms with Gasteiger partial charge in [0.1, 0.15) is 11.5 Å². The number of Topliss-reactive ketones (excluding diaryl/α,β-unsaturated/α-hetero) is 1. The molecule has 0 radical (unpaired) electrons. The van der Waals surface area contributed by atoms with Crippen LogP contribution in [0.1, 0.15) is 43.0 Å². The Morgan fingerprint density at radius 1 is 1.23 bits per heavy atom. The fourth-order valence-electron chi connectivity index (χ4n) is 3.57. The highest BCUT2D eigenvalue weighted by molar-refractivity contribution is 6.07. The summed E-state index contributed by atoms with van der Waals surface area (Å²) in [4.78, 5) is 38.5. The quantitative estimate of drug-likeness (QED) is 0.786. The maximum Gasteiger partial charge on any atom is 0.260 e. The van der Waals surface area contributed by atoms with Gasteiger partial charge in [-0.1, -0.05) is 6.92 Å². The standard InChI is InChI=1S/C17H19NO4/c1-17-10-9-15(20)18(13(17)7-8-14(17)19)16(21)11-3-5-12(22-2)6-4-11/h3-6,13H,7-10H2,1-2H3. The lowest BCUT2D eigenvalue weighted by Gasteiger charge is -2.41. The Kier molecular flexibility index (Phi) is 3.51. The van der Waals surface area contributed by atoms with E-state index in [-0.39, 0.29) is 30.1 Å². The lowest BCUT2D eigenvalue weighted by atomic mass is 9.75. The number of nitrogens with zero attached hydrogens (tertiary/aromatic N) is 1. The second kappa shape index (κ2) is 5.23. The zero-order chi connectivity index (χ0) is 15.9. The van der Waals surface area contributed by atoms with Gasteiger partial charge in [0.2, 0.25) is 5.91 Å². The number of piperidine rings is 1. The van der Waals surface area contributed by atoms with Crippen LogP contribution in [0.4, 0.5) is 0 Å². The summed E-state index contributed by atoms with van der Waals surface area (Å²) in [5.41, 5.74) is -0.131. The third-order valence-corrected chi connectivity index (χ3v) is 5.01. The summed E-state index contributed by atoms with van der Waals surface area (Å²) in [5.74, 6) is 0.316. The number of fused-ring (bicyclic) bond motifs is 1. The van der Waals surface area contributed by atoms with Crippen molar-refractivity contribution < 1.29 is 19.1 Å². The van der Waals surface area contributed by atoms with Gasteiger partial charge in [0, 0.05) is 23.8 Å². The number of rotatable bonds is 2. The highest BCUT2D eigenvalue weighted by Gasteiger charge is 2.54. The van der Waals surface area contributed by atoms with Gasteiger partial charge in [-0.25, -0.2) is 0 Å². The molecule has 1 aliphatic heterocycles. The number of carbonyl (C=O) groups excluding carboxylic acids is 3. The molecule has 1 saturated heterocycles. The molecule has 2 aliphatic rings. The summed E-state index contributed by atoms with van der Waals surface area (Å²) in [7, 11) is 1.56. The summed E-state index contributed by atoms with van der Waals surface area (Å²) >= 11 is 0. The van der Waals surface area contributed by atoms with Crippen molar-refractivity contribution in [1.82, 2.24) is 4.90 Å². The van der Waals surface area contributed by atoms with Crippen LogP contribution in [0, 0.1) is 5.41 Å². The zero-order valence-electron chi connectivity index (χ0n) is 12.8. The fraction of sp³-hybridized carbons (Fsp3) is 0.471. The minimum absolute atomic E-state index is 0.164. The van der Waals surface area contributed by atoms with E-state index in [1.165, 1.54) is 4.90 Å². The molecule has 3 rings (SSSR count). The molecule has 0 N–H and O–H groups in total. The van der Waals surface area contributed by atoms with Crippen molar-refractivity contribution in [3.05, 3.63) is 29.8 Å². The first-order valence-corrected chi connectivity index (χ1v) is 7.51. The highest BCUT2D eigenvalue weighted by Crippen LogP contribution is 2.45. The molecule has 1 aliphatic carbocycles. The number of hydrogen-bond acceptors (Lipinski definition) is 4. The third kappa shape index (κ3) is 2.12. The van der Waals surface area contributed by atoms with Gasteiger partial charge in [-0.15, -0.1) is 0 Å². The van der Waals surface area contributed by atoms with Gasteiger partial charge in [-0.3, -0.25) is 19.3 Å². The second-order valence-electron chi connectivity index (χ2n) is 6.19. The Balaban J connectivity index is 1.92.